The lowest BCUT2D eigenvalue weighted by Gasteiger charge is -2.23. The Kier molecular flexibility index (Phi) is 4.17. The number of rotatable bonds is 4. The maximum absolute atomic E-state index is 3.52. The summed E-state index contributed by atoms with van der Waals surface area (Å²) < 4.78 is 0. The van der Waals surface area contributed by atoms with E-state index in [0.29, 0.717) is 6.04 Å². The standard InChI is InChI=1S/C19H23N/c1-20-19(17-9-5-6-10-17)18-13-11-16(12-14-18)15-7-3-2-4-8-15/h2-4,7-8,11-14,17,19-20H,5-6,9-10H2,1H3. The van der Waals surface area contributed by atoms with E-state index in [1.165, 1.54) is 42.4 Å². The zero-order chi connectivity index (χ0) is 13.8. The highest BCUT2D eigenvalue weighted by molar-refractivity contribution is 5.63. The van der Waals surface area contributed by atoms with Gasteiger partial charge < -0.3 is 5.32 Å². The van der Waals surface area contributed by atoms with Crippen LogP contribution in [0.1, 0.15) is 37.3 Å². The summed E-state index contributed by atoms with van der Waals surface area (Å²) in [6.45, 7) is 0. The van der Waals surface area contributed by atoms with Gasteiger partial charge in [-0.2, -0.15) is 0 Å². The Hall–Kier alpha value is -1.60. The number of hydrogen-bond acceptors (Lipinski definition) is 1. The molecule has 1 aliphatic rings. The smallest absolute Gasteiger partial charge is 0.0346 e. The van der Waals surface area contributed by atoms with Crippen molar-refractivity contribution in [3.63, 3.8) is 0 Å². The monoisotopic (exact) mass is 265 g/mol. The van der Waals surface area contributed by atoms with E-state index in [2.05, 4.69) is 67.0 Å². The zero-order valence-corrected chi connectivity index (χ0v) is 12.2. The van der Waals surface area contributed by atoms with Crippen LogP contribution in [0.5, 0.6) is 0 Å². The normalized spacial score (nSPS) is 17.2. The predicted octanol–water partition coefficient (Wildman–Crippen LogP) is 4.80. The van der Waals surface area contributed by atoms with Crippen LogP contribution in [0, 0.1) is 5.92 Å². The van der Waals surface area contributed by atoms with E-state index in [1.807, 2.05) is 0 Å². The first-order valence-corrected chi connectivity index (χ1v) is 7.71. The second-order valence-electron chi connectivity index (χ2n) is 5.80. The van der Waals surface area contributed by atoms with Crippen molar-refractivity contribution in [3.05, 3.63) is 60.2 Å². The van der Waals surface area contributed by atoms with Crippen molar-refractivity contribution >= 4 is 0 Å². The first-order valence-electron chi connectivity index (χ1n) is 7.71. The van der Waals surface area contributed by atoms with E-state index in [0.717, 1.165) is 5.92 Å². The quantitative estimate of drug-likeness (QED) is 0.837. The summed E-state index contributed by atoms with van der Waals surface area (Å²) >= 11 is 0. The molecule has 1 aliphatic carbocycles. The number of nitrogens with one attached hydrogen (secondary N) is 1. The molecule has 1 saturated carbocycles. The molecule has 0 aromatic heterocycles. The van der Waals surface area contributed by atoms with Crippen molar-refractivity contribution in [1.29, 1.82) is 0 Å². The molecule has 3 rings (SSSR count). The Morgan fingerprint density at radius 2 is 1.45 bits per heavy atom. The predicted molar refractivity (Wildman–Crippen MR) is 85.6 cm³/mol. The lowest BCUT2D eigenvalue weighted by Crippen LogP contribution is -2.23. The van der Waals surface area contributed by atoms with Gasteiger partial charge in [-0.25, -0.2) is 0 Å². The second-order valence-corrected chi connectivity index (χ2v) is 5.80. The molecular formula is C19H23N. The van der Waals surface area contributed by atoms with Crippen LogP contribution in [-0.2, 0) is 0 Å². The molecule has 2 aromatic rings. The fraction of sp³-hybridized carbons (Fsp3) is 0.368. The molecule has 0 saturated heterocycles. The van der Waals surface area contributed by atoms with Crippen molar-refractivity contribution in [2.24, 2.45) is 5.92 Å². The lowest BCUT2D eigenvalue weighted by molar-refractivity contribution is 0.390. The third-order valence-corrected chi connectivity index (χ3v) is 4.56. The third-order valence-electron chi connectivity index (χ3n) is 4.56. The average molecular weight is 265 g/mol. The topological polar surface area (TPSA) is 12.0 Å². The highest BCUT2D eigenvalue weighted by atomic mass is 14.9. The molecule has 0 heterocycles. The number of benzene rings is 2. The highest BCUT2D eigenvalue weighted by Gasteiger charge is 2.24. The molecule has 1 heteroatoms. The van der Waals surface area contributed by atoms with Gasteiger partial charge in [0, 0.05) is 6.04 Å². The Labute approximate surface area is 122 Å². The fourth-order valence-electron chi connectivity index (χ4n) is 3.48. The van der Waals surface area contributed by atoms with E-state index in [4.69, 9.17) is 0 Å². The second kappa shape index (κ2) is 6.23. The van der Waals surface area contributed by atoms with E-state index in [9.17, 15) is 0 Å². The van der Waals surface area contributed by atoms with Crippen LogP contribution in [0.2, 0.25) is 0 Å². The van der Waals surface area contributed by atoms with E-state index >= 15 is 0 Å². The summed E-state index contributed by atoms with van der Waals surface area (Å²) in [5.74, 6) is 0.808. The summed E-state index contributed by atoms with van der Waals surface area (Å²) in [5, 5.41) is 3.52. The minimum Gasteiger partial charge on any atom is -0.313 e. The van der Waals surface area contributed by atoms with Gasteiger partial charge in [0.1, 0.15) is 0 Å². The van der Waals surface area contributed by atoms with Crippen LogP contribution in [0.15, 0.2) is 54.6 Å². The molecule has 1 fully saturated rings. The molecule has 2 aromatic carbocycles. The largest absolute Gasteiger partial charge is 0.313 e. The van der Waals surface area contributed by atoms with E-state index in [1.54, 1.807) is 0 Å². The minimum atomic E-state index is 0.516. The SMILES string of the molecule is CNC(c1ccc(-c2ccccc2)cc1)C1CCCC1. The van der Waals surface area contributed by atoms with Gasteiger partial charge in [0.15, 0.2) is 0 Å². The van der Waals surface area contributed by atoms with Crippen molar-refractivity contribution < 1.29 is 0 Å². The number of hydrogen-bond donors (Lipinski definition) is 1. The molecule has 104 valence electrons. The molecular weight excluding hydrogens is 242 g/mol. The Balaban J connectivity index is 1.81. The summed E-state index contributed by atoms with van der Waals surface area (Å²) in [6.07, 6.45) is 5.52. The van der Waals surface area contributed by atoms with Crippen molar-refractivity contribution in [1.82, 2.24) is 5.32 Å². The first kappa shape index (κ1) is 13.4. The van der Waals surface area contributed by atoms with Crippen LogP contribution in [0.25, 0.3) is 11.1 Å². The average Bonchev–Trinajstić information content (AvgIpc) is 3.04. The van der Waals surface area contributed by atoms with Crippen molar-refractivity contribution in [3.8, 4) is 11.1 Å². The summed E-state index contributed by atoms with van der Waals surface area (Å²) in [5.41, 5.74) is 4.02. The first-order chi connectivity index (χ1) is 9.88. The molecule has 0 spiro atoms. The van der Waals surface area contributed by atoms with E-state index in [-0.39, 0.29) is 0 Å². The van der Waals surface area contributed by atoms with Gasteiger partial charge in [-0.3, -0.25) is 0 Å². The third kappa shape index (κ3) is 2.78. The molecule has 20 heavy (non-hydrogen) atoms. The Morgan fingerprint density at radius 3 is 2.05 bits per heavy atom. The van der Waals surface area contributed by atoms with E-state index < -0.39 is 0 Å². The van der Waals surface area contributed by atoms with Crippen LogP contribution < -0.4 is 5.32 Å². The molecule has 1 nitrogen and oxygen atoms in total. The van der Waals surface area contributed by atoms with Gasteiger partial charge in [0.25, 0.3) is 0 Å². The van der Waals surface area contributed by atoms with Crippen molar-refractivity contribution in [2.75, 3.05) is 7.05 Å². The molecule has 0 radical (unpaired) electrons. The van der Waals surface area contributed by atoms with Gasteiger partial charge in [-0.15, -0.1) is 0 Å². The van der Waals surface area contributed by atoms with Crippen LogP contribution in [0.4, 0.5) is 0 Å². The fourth-order valence-corrected chi connectivity index (χ4v) is 3.48. The molecule has 1 unspecified atom stereocenters. The maximum Gasteiger partial charge on any atom is 0.0346 e. The van der Waals surface area contributed by atoms with Crippen LogP contribution in [-0.4, -0.2) is 7.05 Å². The molecule has 1 atom stereocenters. The highest BCUT2D eigenvalue weighted by Crippen LogP contribution is 2.36. The van der Waals surface area contributed by atoms with Gasteiger partial charge in [0.05, 0.1) is 0 Å². The van der Waals surface area contributed by atoms with Gasteiger partial charge in [-0.05, 0) is 42.5 Å². The van der Waals surface area contributed by atoms with Gasteiger partial charge in [0.2, 0.25) is 0 Å². The van der Waals surface area contributed by atoms with Crippen molar-refractivity contribution in [2.45, 2.75) is 31.7 Å². The van der Waals surface area contributed by atoms with Gasteiger partial charge in [-0.1, -0.05) is 67.4 Å². The zero-order valence-electron chi connectivity index (χ0n) is 12.2. The summed E-state index contributed by atoms with van der Waals surface area (Å²) in [7, 11) is 2.09. The molecule has 1 N–H and O–H groups in total. The summed E-state index contributed by atoms with van der Waals surface area (Å²) in [4.78, 5) is 0. The Morgan fingerprint density at radius 1 is 0.850 bits per heavy atom. The van der Waals surface area contributed by atoms with Crippen LogP contribution in [0.3, 0.4) is 0 Å². The lowest BCUT2D eigenvalue weighted by atomic mass is 9.91. The minimum absolute atomic E-state index is 0.516. The Bertz CT molecular complexity index is 523. The maximum atomic E-state index is 3.52. The molecule has 0 aliphatic heterocycles. The van der Waals surface area contributed by atoms with Crippen LogP contribution >= 0.6 is 0 Å². The van der Waals surface area contributed by atoms with Gasteiger partial charge >= 0.3 is 0 Å². The molecule has 0 bridgehead atoms. The molecule has 0 amide bonds. The summed E-state index contributed by atoms with van der Waals surface area (Å²) in [6, 6.07) is 20.2.